The quantitative estimate of drug-likeness (QED) is 0.782. The van der Waals surface area contributed by atoms with Gasteiger partial charge in [-0.1, -0.05) is 0 Å². The monoisotopic (exact) mass is 273 g/mol. The second-order valence-corrected chi connectivity index (χ2v) is 4.27. The summed E-state index contributed by atoms with van der Waals surface area (Å²) in [5, 5.41) is 12.8. The molecule has 0 bridgehead atoms. The van der Waals surface area contributed by atoms with Crippen molar-refractivity contribution >= 4 is 17.4 Å². The highest BCUT2D eigenvalue weighted by atomic mass is 16.2. The highest BCUT2D eigenvalue weighted by Gasteiger charge is 2.01. The Morgan fingerprint density at radius 3 is 2.55 bits per heavy atom. The van der Waals surface area contributed by atoms with Gasteiger partial charge in [-0.15, -0.1) is 0 Å². The Morgan fingerprint density at radius 1 is 1.20 bits per heavy atom. The molecule has 0 atom stereocenters. The first-order valence-electron chi connectivity index (χ1n) is 6.56. The van der Waals surface area contributed by atoms with Crippen LogP contribution in [-0.2, 0) is 13.1 Å². The molecule has 0 saturated carbocycles. The van der Waals surface area contributed by atoms with Gasteiger partial charge in [0.25, 0.3) is 0 Å². The molecule has 0 saturated heterocycles. The van der Waals surface area contributed by atoms with Crippen LogP contribution in [0.2, 0.25) is 0 Å². The summed E-state index contributed by atoms with van der Waals surface area (Å²) >= 11 is 0. The zero-order valence-corrected chi connectivity index (χ0v) is 11.7. The molecule has 3 N–H and O–H groups in total. The number of benzene rings is 1. The molecule has 2 amide bonds. The lowest BCUT2D eigenvalue weighted by atomic mass is 10.2. The van der Waals surface area contributed by atoms with E-state index >= 15 is 0 Å². The summed E-state index contributed by atoms with van der Waals surface area (Å²) in [6.45, 7) is 3.64. The maximum absolute atomic E-state index is 11.2. The number of carbonyl (C=O) groups is 1. The normalized spacial score (nSPS) is 10.1. The Morgan fingerprint density at radius 2 is 1.90 bits per heavy atom. The molecule has 0 aliphatic rings. The Labute approximate surface area is 118 Å². The first kappa shape index (κ1) is 13.9. The highest BCUT2D eigenvalue weighted by molar-refractivity contribution is 5.89. The molecule has 0 unspecified atom stereocenters. The van der Waals surface area contributed by atoms with Crippen molar-refractivity contribution in [3.8, 4) is 0 Å². The number of anilines is 2. The summed E-state index contributed by atoms with van der Waals surface area (Å²) in [6.07, 6.45) is 1.80. The number of hydrogen-bond acceptors (Lipinski definition) is 3. The number of urea groups is 1. The number of aromatic nitrogens is 2. The van der Waals surface area contributed by atoms with E-state index in [0.717, 1.165) is 30.2 Å². The summed E-state index contributed by atoms with van der Waals surface area (Å²) in [5.74, 6) is 0. The summed E-state index contributed by atoms with van der Waals surface area (Å²) < 4.78 is 1.95. The molecule has 2 rings (SSSR count). The van der Waals surface area contributed by atoms with Gasteiger partial charge in [0, 0.05) is 31.2 Å². The number of carbonyl (C=O) groups excluding carboxylic acids is 1. The number of nitrogens with one attached hydrogen (secondary N) is 3. The average molecular weight is 273 g/mol. The van der Waals surface area contributed by atoms with Crippen LogP contribution in [0.4, 0.5) is 16.2 Å². The largest absolute Gasteiger partial charge is 0.379 e. The Balaban J connectivity index is 1.92. The minimum Gasteiger partial charge on any atom is -0.379 e. The van der Waals surface area contributed by atoms with Crippen LogP contribution >= 0.6 is 0 Å². The molecular weight excluding hydrogens is 254 g/mol. The van der Waals surface area contributed by atoms with Crippen LogP contribution in [0, 0.1) is 0 Å². The van der Waals surface area contributed by atoms with Crippen molar-refractivity contribution in [1.29, 1.82) is 0 Å². The maximum atomic E-state index is 11.2. The summed E-state index contributed by atoms with van der Waals surface area (Å²) in [6, 6.07) is 9.34. The van der Waals surface area contributed by atoms with E-state index in [4.69, 9.17) is 0 Å². The maximum Gasteiger partial charge on any atom is 0.318 e. The van der Waals surface area contributed by atoms with Crippen LogP contribution in [-0.4, -0.2) is 22.9 Å². The minimum absolute atomic E-state index is 0.224. The Hall–Kier alpha value is -2.50. The number of hydrogen-bond donors (Lipinski definition) is 3. The molecule has 0 aliphatic heterocycles. The van der Waals surface area contributed by atoms with Crippen molar-refractivity contribution in [2.45, 2.75) is 20.0 Å². The molecule has 6 nitrogen and oxygen atoms in total. The van der Waals surface area contributed by atoms with Crippen LogP contribution in [0.1, 0.15) is 12.6 Å². The lowest BCUT2D eigenvalue weighted by Gasteiger charge is -2.09. The van der Waals surface area contributed by atoms with E-state index in [2.05, 4.69) is 28.0 Å². The van der Waals surface area contributed by atoms with Gasteiger partial charge in [-0.05, 0) is 37.3 Å². The zero-order chi connectivity index (χ0) is 14.4. The molecule has 0 radical (unpaired) electrons. The van der Waals surface area contributed by atoms with Crippen LogP contribution in [0.15, 0.2) is 36.5 Å². The molecule has 0 fully saturated rings. The fourth-order valence-corrected chi connectivity index (χ4v) is 1.85. The number of rotatable bonds is 5. The second kappa shape index (κ2) is 6.60. The topological polar surface area (TPSA) is 71.0 Å². The first-order valence-corrected chi connectivity index (χ1v) is 6.56. The predicted octanol–water partition coefficient (Wildman–Crippen LogP) is 2.27. The highest BCUT2D eigenvalue weighted by Crippen LogP contribution is 2.14. The van der Waals surface area contributed by atoms with Crippen molar-refractivity contribution in [3.63, 3.8) is 0 Å². The molecular formula is C14H19N5O. The smallest absolute Gasteiger partial charge is 0.318 e. The van der Waals surface area contributed by atoms with Gasteiger partial charge in [-0.25, -0.2) is 4.79 Å². The van der Waals surface area contributed by atoms with Gasteiger partial charge in [-0.3, -0.25) is 4.68 Å². The fourth-order valence-electron chi connectivity index (χ4n) is 1.85. The van der Waals surface area contributed by atoms with Crippen molar-refractivity contribution in [1.82, 2.24) is 15.1 Å². The minimum atomic E-state index is -0.224. The van der Waals surface area contributed by atoms with Gasteiger partial charge >= 0.3 is 6.03 Å². The van der Waals surface area contributed by atoms with E-state index in [-0.39, 0.29) is 6.03 Å². The van der Waals surface area contributed by atoms with Gasteiger partial charge < -0.3 is 16.0 Å². The summed E-state index contributed by atoms with van der Waals surface area (Å²) in [7, 11) is 1.59. The predicted molar refractivity (Wildman–Crippen MR) is 79.7 cm³/mol. The van der Waals surface area contributed by atoms with E-state index < -0.39 is 0 Å². The fraction of sp³-hybridized carbons (Fsp3) is 0.286. The Bertz CT molecular complexity index is 561. The summed E-state index contributed by atoms with van der Waals surface area (Å²) in [5.41, 5.74) is 2.89. The van der Waals surface area contributed by atoms with Gasteiger partial charge in [0.15, 0.2) is 0 Å². The molecule has 1 aromatic heterocycles. The van der Waals surface area contributed by atoms with Gasteiger partial charge in [0.1, 0.15) is 0 Å². The average Bonchev–Trinajstić information content (AvgIpc) is 2.94. The first-order chi connectivity index (χ1) is 9.72. The third-order valence-electron chi connectivity index (χ3n) is 2.95. The number of nitrogens with zero attached hydrogens (tertiary/aromatic N) is 2. The van der Waals surface area contributed by atoms with Crippen LogP contribution in [0.3, 0.4) is 0 Å². The summed E-state index contributed by atoms with van der Waals surface area (Å²) in [4.78, 5) is 11.2. The second-order valence-electron chi connectivity index (χ2n) is 4.27. The SMILES string of the molecule is CCn1nccc1CNc1ccc(NC(=O)NC)cc1. The molecule has 20 heavy (non-hydrogen) atoms. The van der Waals surface area contributed by atoms with Crippen molar-refractivity contribution in [2.24, 2.45) is 0 Å². The van der Waals surface area contributed by atoms with Gasteiger partial charge in [0.2, 0.25) is 0 Å². The molecule has 106 valence electrons. The van der Waals surface area contributed by atoms with Gasteiger partial charge in [0.05, 0.1) is 12.2 Å². The van der Waals surface area contributed by atoms with E-state index in [9.17, 15) is 4.79 Å². The molecule has 2 aromatic rings. The molecule has 0 aliphatic carbocycles. The van der Waals surface area contributed by atoms with Gasteiger partial charge in [-0.2, -0.15) is 5.10 Å². The van der Waals surface area contributed by atoms with Crippen molar-refractivity contribution in [3.05, 3.63) is 42.2 Å². The third kappa shape index (κ3) is 3.50. The lowest BCUT2D eigenvalue weighted by Crippen LogP contribution is -2.24. The van der Waals surface area contributed by atoms with E-state index in [1.54, 1.807) is 13.2 Å². The number of aryl methyl sites for hydroxylation is 1. The molecule has 6 heteroatoms. The third-order valence-corrected chi connectivity index (χ3v) is 2.95. The Kier molecular flexibility index (Phi) is 4.60. The van der Waals surface area contributed by atoms with Crippen LogP contribution in [0.5, 0.6) is 0 Å². The van der Waals surface area contributed by atoms with Crippen LogP contribution < -0.4 is 16.0 Å². The zero-order valence-electron chi connectivity index (χ0n) is 11.7. The van der Waals surface area contributed by atoms with E-state index in [1.165, 1.54) is 0 Å². The van der Waals surface area contributed by atoms with Crippen molar-refractivity contribution in [2.75, 3.05) is 17.7 Å². The number of amides is 2. The van der Waals surface area contributed by atoms with Crippen LogP contribution in [0.25, 0.3) is 0 Å². The van der Waals surface area contributed by atoms with E-state index in [1.807, 2.05) is 35.0 Å². The molecule has 1 aromatic carbocycles. The standard InChI is InChI=1S/C14H19N5O/c1-3-19-13(8-9-17-19)10-16-11-4-6-12(7-5-11)18-14(20)15-2/h4-9,16H,3,10H2,1-2H3,(H2,15,18,20). The van der Waals surface area contributed by atoms with Crippen molar-refractivity contribution < 1.29 is 4.79 Å². The lowest BCUT2D eigenvalue weighted by molar-refractivity contribution is 0.254. The van der Waals surface area contributed by atoms with E-state index in [0.29, 0.717) is 0 Å². The molecule has 1 heterocycles. The molecule has 0 spiro atoms.